The van der Waals surface area contributed by atoms with Gasteiger partial charge in [0.1, 0.15) is 0 Å². The van der Waals surface area contributed by atoms with Crippen LogP contribution in [0.3, 0.4) is 0 Å². The van der Waals surface area contributed by atoms with Crippen molar-refractivity contribution in [3.05, 3.63) is 120 Å². The van der Waals surface area contributed by atoms with Gasteiger partial charge in [0.25, 0.3) is 0 Å². The van der Waals surface area contributed by atoms with Gasteiger partial charge in [0, 0.05) is 23.3 Å². The summed E-state index contributed by atoms with van der Waals surface area (Å²) in [4.78, 5) is 2.60. The fourth-order valence-electron chi connectivity index (χ4n) is 5.81. The summed E-state index contributed by atoms with van der Waals surface area (Å²) in [5.74, 6) is 0.516. The molecule has 0 spiro atoms. The number of rotatable bonds is 3. The van der Waals surface area contributed by atoms with E-state index in [0.717, 1.165) is 12.8 Å². The Kier molecular flexibility index (Phi) is 4.91. The molecule has 162 valence electrons. The summed E-state index contributed by atoms with van der Waals surface area (Å²) >= 11 is 0. The first kappa shape index (κ1) is 20.1. The van der Waals surface area contributed by atoms with Gasteiger partial charge in [-0.15, -0.1) is 0 Å². The van der Waals surface area contributed by atoms with Gasteiger partial charge in [-0.1, -0.05) is 91.0 Å². The first-order valence-corrected chi connectivity index (χ1v) is 12.0. The Hall–Kier alpha value is -3.58. The molecular weight excluding hydrogens is 398 g/mol. The summed E-state index contributed by atoms with van der Waals surface area (Å²) in [5, 5.41) is 5.44. The van der Waals surface area contributed by atoms with Gasteiger partial charge in [-0.3, -0.25) is 0 Å². The van der Waals surface area contributed by atoms with Crippen LogP contribution in [0.5, 0.6) is 0 Å². The van der Waals surface area contributed by atoms with Gasteiger partial charge in [0.15, 0.2) is 0 Å². The van der Waals surface area contributed by atoms with Crippen LogP contribution in [0.2, 0.25) is 0 Å². The largest absolute Gasteiger partial charge is 0.337 e. The van der Waals surface area contributed by atoms with E-state index in [4.69, 9.17) is 0 Å². The predicted octanol–water partition coefficient (Wildman–Crippen LogP) is 8.36. The van der Waals surface area contributed by atoms with Crippen molar-refractivity contribution in [3.8, 4) is 0 Å². The van der Waals surface area contributed by atoms with E-state index in [2.05, 4.69) is 122 Å². The van der Waals surface area contributed by atoms with Crippen LogP contribution in [0.25, 0.3) is 27.2 Å². The molecule has 0 fully saturated rings. The Morgan fingerprint density at radius 1 is 0.697 bits per heavy atom. The molecule has 4 aromatic carbocycles. The molecule has 0 N–H and O–H groups in total. The number of benzene rings is 4. The van der Waals surface area contributed by atoms with Crippen LogP contribution in [0.4, 0.5) is 5.69 Å². The number of allylic oxidation sites excluding steroid dienone is 3. The summed E-state index contributed by atoms with van der Waals surface area (Å²) in [6, 6.07) is 27.2. The smallest absolute Gasteiger partial charge is 0.0447 e. The number of fused-ring (bicyclic) bond motifs is 2. The van der Waals surface area contributed by atoms with E-state index in [1.807, 2.05) is 0 Å². The first-order valence-electron chi connectivity index (χ1n) is 12.0. The van der Waals surface area contributed by atoms with Crippen molar-refractivity contribution in [1.82, 2.24) is 0 Å². The molecule has 0 amide bonds. The number of nitrogens with zero attached hydrogens (tertiary/aromatic N) is 1. The van der Waals surface area contributed by atoms with Crippen LogP contribution >= 0.6 is 0 Å². The Morgan fingerprint density at radius 3 is 2.12 bits per heavy atom. The molecule has 0 bridgehead atoms. The van der Waals surface area contributed by atoms with Crippen LogP contribution in [0.15, 0.2) is 103 Å². The number of hydrogen-bond donors (Lipinski definition) is 0. The maximum absolute atomic E-state index is 2.60. The summed E-state index contributed by atoms with van der Waals surface area (Å²) in [6.45, 7) is 4.54. The normalized spacial score (nSPS) is 20.1. The molecule has 0 saturated heterocycles. The van der Waals surface area contributed by atoms with Gasteiger partial charge >= 0.3 is 0 Å². The zero-order valence-electron chi connectivity index (χ0n) is 19.3. The molecule has 0 saturated carbocycles. The SMILES string of the molecule is Cc1c2ccccc2c(C)c2cc(N3C(c4ccccc4)=CCC3C3C=CC=CC3)ccc12. The summed E-state index contributed by atoms with van der Waals surface area (Å²) < 4.78 is 0. The minimum atomic E-state index is 0.431. The van der Waals surface area contributed by atoms with E-state index >= 15 is 0 Å². The van der Waals surface area contributed by atoms with Crippen molar-refractivity contribution in [2.24, 2.45) is 5.92 Å². The average Bonchev–Trinajstić information content (AvgIpc) is 3.33. The molecule has 1 nitrogen and oxygen atoms in total. The molecular formula is C32H29N. The zero-order chi connectivity index (χ0) is 22.4. The summed E-state index contributed by atoms with van der Waals surface area (Å²) in [5.41, 5.74) is 6.66. The number of hydrogen-bond acceptors (Lipinski definition) is 1. The molecule has 1 aliphatic heterocycles. The van der Waals surface area contributed by atoms with E-state index in [9.17, 15) is 0 Å². The highest BCUT2D eigenvalue weighted by Crippen LogP contribution is 2.42. The Bertz CT molecular complexity index is 1440. The van der Waals surface area contributed by atoms with E-state index in [1.165, 1.54) is 49.6 Å². The van der Waals surface area contributed by atoms with Crippen molar-refractivity contribution < 1.29 is 0 Å². The second-order valence-corrected chi connectivity index (χ2v) is 9.37. The molecule has 1 heteroatoms. The molecule has 0 aromatic heterocycles. The molecule has 6 rings (SSSR count). The van der Waals surface area contributed by atoms with E-state index in [1.54, 1.807) is 0 Å². The number of anilines is 1. The highest BCUT2D eigenvalue weighted by Gasteiger charge is 2.33. The van der Waals surface area contributed by atoms with Crippen LogP contribution < -0.4 is 4.90 Å². The van der Waals surface area contributed by atoms with Crippen LogP contribution in [0, 0.1) is 19.8 Å². The maximum atomic E-state index is 2.60. The van der Waals surface area contributed by atoms with E-state index in [-0.39, 0.29) is 0 Å². The van der Waals surface area contributed by atoms with Gasteiger partial charge in [-0.25, -0.2) is 0 Å². The maximum Gasteiger partial charge on any atom is 0.0447 e. The monoisotopic (exact) mass is 427 g/mol. The fraction of sp³-hybridized carbons (Fsp3) is 0.188. The Labute approximate surface area is 196 Å². The second-order valence-electron chi connectivity index (χ2n) is 9.37. The first-order chi connectivity index (χ1) is 16.2. The van der Waals surface area contributed by atoms with Crippen molar-refractivity contribution in [1.29, 1.82) is 0 Å². The van der Waals surface area contributed by atoms with Crippen molar-refractivity contribution in [3.63, 3.8) is 0 Å². The average molecular weight is 428 g/mol. The van der Waals surface area contributed by atoms with Gasteiger partial charge in [0.2, 0.25) is 0 Å². The molecule has 1 heterocycles. The van der Waals surface area contributed by atoms with Crippen molar-refractivity contribution in [2.45, 2.75) is 32.7 Å². The molecule has 33 heavy (non-hydrogen) atoms. The lowest BCUT2D eigenvalue weighted by Gasteiger charge is -2.35. The lowest BCUT2D eigenvalue weighted by molar-refractivity contribution is 0.514. The van der Waals surface area contributed by atoms with Gasteiger partial charge in [0.05, 0.1) is 0 Å². The molecule has 4 aromatic rings. The van der Waals surface area contributed by atoms with Gasteiger partial charge in [-0.05, 0) is 77.1 Å². The third kappa shape index (κ3) is 3.31. The van der Waals surface area contributed by atoms with Gasteiger partial charge < -0.3 is 4.90 Å². The standard InChI is InChI=1S/C32H29N/c1-22-27-15-9-10-16-28(27)23(2)30-21-26(17-18-29(22)30)33-31(24-11-5-3-6-12-24)19-20-32(33)25-13-7-4-8-14-25/h3-13,15-19,21,25,32H,14,20H2,1-2H3. The van der Waals surface area contributed by atoms with Crippen LogP contribution in [0.1, 0.15) is 29.5 Å². The van der Waals surface area contributed by atoms with Crippen molar-refractivity contribution in [2.75, 3.05) is 4.90 Å². The lowest BCUT2D eigenvalue weighted by atomic mass is 9.90. The zero-order valence-corrected chi connectivity index (χ0v) is 19.3. The topological polar surface area (TPSA) is 3.24 Å². The van der Waals surface area contributed by atoms with E-state index in [0.29, 0.717) is 12.0 Å². The minimum absolute atomic E-state index is 0.431. The number of aryl methyl sites for hydroxylation is 2. The summed E-state index contributed by atoms with van der Waals surface area (Å²) in [7, 11) is 0. The Balaban J connectivity index is 1.53. The molecule has 2 atom stereocenters. The van der Waals surface area contributed by atoms with Crippen LogP contribution in [-0.4, -0.2) is 6.04 Å². The van der Waals surface area contributed by atoms with Crippen LogP contribution in [-0.2, 0) is 0 Å². The third-order valence-electron chi connectivity index (χ3n) is 7.55. The van der Waals surface area contributed by atoms with E-state index < -0.39 is 0 Å². The molecule has 2 unspecified atom stereocenters. The minimum Gasteiger partial charge on any atom is -0.337 e. The highest BCUT2D eigenvalue weighted by atomic mass is 15.2. The molecule has 0 radical (unpaired) electrons. The third-order valence-corrected chi connectivity index (χ3v) is 7.55. The molecule has 2 aliphatic rings. The quantitative estimate of drug-likeness (QED) is 0.297. The lowest BCUT2D eigenvalue weighted by Crippen LogP contribution is -2.35. The predicted molar refractivity (Wildman–Crippen MR) is 143 cm³/mol. The highest BCUT2D eigenvalue weighted by molar-refractivity contribution is 6.06. The fourth-order valence-corrected chi connectivity index (χ4v) is 5.81. The Morgan fingerprint density at radius 2 is 1.39 bits per heavy atom. The summed E-state index contributed by atoms with van der Waals surface area (Å²) in [6.07, 6.45) is 13.7. The molecule has 1 aliphatic carbocycles. The van der Waals surface area contributed by atoms with Crippen molar-refractivity contribution >= 4 is 32.9 Å². The second kappa shape index (κ2) is 8.08. The van der Waals surface area contributed by atoms with Gasteiger partial charge in [-0.2, -0.15) is 0 Å².